The standard InChI is InChI=1S/C57H105Si10.3ClH.Ti/c1-38-39(2)41(4)51(40(38)3)67(55-48(61(17,18)19)35-45(58(8,9)10)42(5)52(55)64(26,27)28,56-49(62(20,21)22)36-46(59(11,12)13)43(6)53(56)65(29,30)31)57-50(63(23,24)25)37-47(60(14,15)16)44(7)54(57)66(32,33)34;;;;/h35-37H,1-34H3;3*1H;/q;;;;+3/p-3. The van der Waals surface area contributed by atoms with E-state index in [-0.39, 0.29) is 40.6 Å². The molecule has 0 saturated heterocycles. The average molecular weight is 1230 g/mol. The smallest absolute Gasteiger partial charge is 1.00 e. The van der Waals surface area contributed by atoms with Gasteiger partial charge in [-0.2, -0.15) is 0 Å². The van der Waals surface area contributed by atoms with Crippen molar-refractivity contribution in [2.45, 2.75) is 229 Å². The first-order valence-electron chi connectivity index (χ1n) is 26.5. The fourth-order valence-corrected chi connectivity index (χ4v) is 49.8. The first-order valence-corrected chi connectivity index (χ1v) is 60.8. The van der Waals surface area contributed by atoms with Crippen molar-refractivity contribution in [3.63, 3.8) is 0 Å². The summed E-state index contributed by atoms with van der Waals surface area (Å²) in [6, 6.07) is 8.92. The van der Waals surface area contributed by atoms with E-state index in [0.29, 0.717) is 0 Å². The Hall–Kier alpha value is 0.893. The van der Waals surface area contributed by atoms with Gasteiger partial charge in [0, 0.05) is 0 Å². The van der Waals surface area contributed by atoms with Gasteiger partial charge in [-0.1, -0.05) is 0 Å². The van der Waals surface area contributed by atoms with Gasteiger partial charge in [0.2, 0.25) is 0 Å². The van der Waals surface area contributed by atoms with Gasteiger partial charge in [0.15, 0.2) is 0 Å². The molecule has 0 fully saturated rings. The van der Waals surface area contributed by atoms with Crippen LogP contribution < -0.4 is 99.5 Å². The van der Waals surface area contributed by atoms with Crippen molar-refractivity contribution in [3.8, 4) is 0 Å². The quantitative estimate of drug-likeness (QED) is 0.182. The minimum atomic E-state index is -3.45. The van der Waals surface area contributed by atoms with E-state index >= 15 is 0 Å². The molecular formula is C57H105Cl3Si10Ti. The largest absolute Gasteiger partial charge is 1.00 e. The van der Waals surface area contributed by atoms with E-state index in [0.717, 1.165) is 0 Å². The molecule has 0 unspecified atom stereocenters. The van der Waals surface area contributed by atoms with E-state index in [2.05, 4.69) is 264 Å². The Morgan fingerprint density at radius 2 is 0.437 bits per heavy atom. The van der Waals surface area contributed by atoms with Gasteiger partial charge in [-0.15, -0.1) is 0 Å². The molecule has 0 saturated carbocycles. The molecule has 0 radical (unpaired) electrons. The molecular weight excluding hydrogens is 1120 g/mol. The van der Waals surface area contributed by atoms with Gasteiger partial charge in [-0.3, -0.25) is 0 Å². The van der Waals surface area contributed by atoms with Crippen LogP contribution >= 0.6 is 0 Å². The number of benzene rings is 3. The molecule has 1 aliphatic rings. The fraction of sp³-hybridized carbons (Fsp3) is 0.614. The Morgan fingerprint density at radius 3 is 0.577 bits per heavy atom. The second kappa shape index (κ2) is 21.5. The van der Waals surface area contributed by atoms with E-state index in [4.69, 9.17) is 0 Å². The molecule has 0 heterocycles. The van der Waals surface area contributed by atoms with Crippen molar-refractivity contribution in [2.24, 2.45) is 0 Å². The first-order chi connectivity index (χ1) is 29.8. The van der Waals surface area contributed by atoms with Crippen LogP contribution in [0.1, 0.15) is 44.4 Å². The van der Waals surface area contributed by atoms with Crippen molar-refractivity contribution in [3.05, 3.63) is 57.2 Å². The van der Waals surface area contributed by atoms with E-state index in [1.807, 2.05) is 46.7 Å². The summed E-state index contributed by atoms with van der Waals surface area (Å²) in [5.41, 5.74) is 11.6. The maximum absolute atomic E-state index is 3.45. The van der Waals surface area contributed by atoms with Crippen LogP contribution in [-0.2, 0) is 20.4 Å². The minimum Gasteiger partial charge on any atom is -1.00 e. The number of hydrogen-bond donors (Lipinski definition) is 0. The van der Waals surface area contributed by atoms with Crippen LogP contribution in [0.15, 0.2) is 40.5 Å². The Labute approximate surface area is 481 Å². The van der Waals surface area contributed by atoms with Crippen molar-refractivity contribution in [1.29, 1.82) is 0 Å². The van der Waals surface area contributed by atoms with Crippen LogP contribution in [0.2, 0.25) is 180 Å². The molecule has 14 heteroatoms. The van der Waals surface area contributed by atoms with Crippen LogP contribution in [0.3, 0.4) is 0 Å². The normalized spacial score (nSPS) is 15.8. The first kappa shape index (κ1) is 69.9. The molecule has 1 aliphatic carbocycles. The summed E-state index contributed by atoms with van der Waals surface area (Å²) in [6.45, 7) is 92.1. The van der Waals surface area contributed by atoms with E-state index in [1.54, 1.807) is 54.5 Å². The molecule has 0 aromatic heterocycles. The molecule has 3 aromatic carbocycles. The summed E-state index contributed by atoms with van der Waals surface area (Å²) >= 11 is 2.92. The number of hydrogen-bond acceptors (Lipinski definition) is 0. The van der Waals surface area contributed by atoms with E-state index in [9.17, 15) is 0 Å². The Bertz CT molecular complexity index is 2330. The third-order valence-corrected chi connectivity index (χ3v) is 45.3. The second-order valence-corrected chi connectivity index (χ2v) is 82.2. The van der Waals surface area contributed by atoms with E-state index in [1.165, 1.54) is 0 Å². The monoisotopic (exact) mass is 1220 g/mol. The summed E-state index contributed by atoms with van der Waals surface area (Å²) in [6.07, 6.45) is 0. The predicted octanol–water partition coefficient (Wildman–Crippen LogP) is 1.93. The van der Waals surface area contributed by atoms with Crippen molar-refractivity contribution < 1.29 is 57.7 Å². The Balaban J connectivity index is 0.00000840. The van der Waals surface area contributed by atoms with Crippen LogP contribution in [0.25, 0.3) is 0 Å². The summed E-state index contributed by atoms with van der Waals surface area (Å²) in [5.74, 6) is 0. The molecule has 398 valence electrons. The molecule has 0 aliphatic heterocycles. The average Bonchev–Trinajstić information content (AvgIpc) is 3.22. The second-order valence-electron chi connectivity index (χ2n) is 31.3. The fourth-order valence-electron chi connectivity index (χ4n) is 13.3. The zero-order valence-corrected chi connectivity index (χ0v) is 66.2. The zero-order valence-electron chi connectivity index (χ0n) is 52.4. The molecule has 71 heavy (non-hydrogen) atoms. The van der Waals surface area contributed by atoms with Gasteiger partial charge >= 0.3 is 449 Å². The Kier molecular flexibility index (Phi) is 21.2. The number of allylic oxidation sites excluding steroid dienone is 4. The number of rotatable bonds is 13. The summed E-state index contributed by atoms with van der Waals surface area (Å²) in [5, 5.41) is 22.2. The molecule has 0 bridgehead atoms. The summed E-state index contributed by atoms with van der Waals surface area (Å²) in [7, 11) is -21.6. The van der Waals surface area contributed by atoms with Crippen molar-refractivity contribution in [2.75, 3.05) is 0 Å². The Morgan fingerprint density at radius 1 is 0.268 bits per heavy atom. The third-order valence-electron chi connectivity index (χ3n) is 16.4. The molecule has 0 nitrogen and oxygen atoms in total. The maximum atomic E-state index is 2.97. The topological polar surface area (TPSA) is 0 Å². The van der Waals surface area contributed by atoms with Crippen LogP contribution in [0, 0.1) is 20.8 Å². The minimum absolute atomic E-state index is 0. The molecule has 3 aromatic rings. The van der Waals surface area contributed by atoms with Gasteiger partial charge in [-0.25, -0.2) is 0 Å². The van der Waals surface area contributed by atoms with Crippen LogP contribution in [0.4, 0.5) is 0 Å². The zero-order chi connectivity index (χ0) is 53.6. The molecule has 0 atom stereocenters. The predicted molar refractivity (Wildman–Crippen MR) is 344 cm³/mol. The SMILES string of the molecule is CC1=C(C)[C]([Ti+3])([Si](c2c([Si](C)(C)C)cc([Si](C)(C)C)c(C)c2[Si](C)(C)C)(c2c([Si](C)(C)C)cc([Si](C)(C)C)c(C)c2[Si](C)(C)C)c2c([Si](C)(C)C)cc([Si](C)(C)C)c(C)c2[Si](C)(C)C)C(C)=C1C.[Cl-].[Cl-].[Cl-]. The molecule has 0 spiro atoms. The van der Waals surface area contributed by atoms with Crippen LogP contribution in [-0.4, -0.2) is 80.7 Å². The number of halogens is 3. The summed E-state index contributed by atoms with van der Waals surface area (Å²) < 4.78 is -0.205. The van der Waals surface area contributed by atoms with Gasteiger partial charge in [0.05, 0.1) is 0 Å². The van der Waals surface area contributed by atoms with E-state index < -0.39 is 80.7 Å². The maximum Gasteiger partial charge on any atom is -1.00 e. The van der Waals surface area contributed by atoms with Crippen molar-refractivity contribution in [1.82, 2.24) is 0 Å². The van der Waals surface area contributed by atoms with Gasteiger partial charge in [-0.05, 0) is 0 Å². The van der Waals surface area contributed by atoms with Crippen molar-refractivity contribution >= 4 is 143 Å². The molecule has 0 amide bonds. The van der Waals surface area contributed by atoms with Gasteiger partial charge in [0.25, 0.3) is 0 Å². The molecule has 4 rings (SSSR count). The van der Waals surface area contributed by atoms with Gasteiger partial charge in [0.1, 0.15) is 0 Å². The van der Waals surface area contributed by atoms with Gasteiger partial charge < -0.3 is 37.2 Å². The van der Waals surface area contributed by atoms with Crippen LogP contribution in [0.5, 0.6) is 0 Å². The summed E-state index contributed by atoms with van der Waals surface area (Å²) in [4.78, 5) is 0. The molecule has 0 N–H and O–H groups in total. The third kappa shape index (κ3) is 12.2.